The van der Waals surface area contributed by atoms with Crippen LogP contribution in [0.15, 0.2) is 0 Å². The van der Waals surface area contributed by atoms with Crippen molar-refractivity contribution in [3.05, 3.63) is 0 Å². The lowest BCUT2D eigenvalue weighted by atomic mass is 9.73. The quantitative estimate of drug-likeness (QED) is 0.617. The Balaban J connectivity index is 2.25. The average molecular weight is 172 g/mol. The smallest absolute Gasteiger partial charge is 0.00977 e. The van der Waals surface area contributed by atoms with Crippen LogP contribution in [0, 0.1) is 5.41 Å². The second-order valence-corrected chi connectivity index (χ2v) is 4.65. The lowest BCUT2D eigenvalue weighted by molar-refractivity contribution is 0.198. The molecule has 1 rings (SSSR count). The van der Waals surface area contributed by atoms with E-state index < -0.39 is 0 Å². The minimum atomic E-state index is 0.682. The summed E-state index contributed by atoms with van der Waals surface area (Å²) in [6, 6.07) is 0. The van der Waals surface area contributed by atoms with Gasteiger partial charge in [-0.1, -0.05) is 26.2 Å². The summed E-state index contributed by atoms with van der Waals surface area (Å²) in [7, 11) is 0. The fraction of sp³-hybridized carbons (Fsp3) is 1.00. The van der Waals surface area contributed by atoms with Crippen molar-refractivity contribution in [3.8, 4) is 0 Å². The first-order valence-corrected chi connectivity index (χ1v) is 5.51. The largest absolute Gasteiger partial charge is 0.179 e. The molecule has 0 unspecified atom stereocenters. The van der Waals surface area contributed by atoms with E-state index in [2.05, 4.69) is 19.6 Å². The van der Waals surface area contributed by atoms with Crippen LogP contribution >= 0.6 is 12.6 Å². The molecule has 0 bridgehead atoms. The lowest BCUT2D eigenvalue weighted by Gasteiger charge is -2.33. The van der Waals surface area contributed by atoms with Gasteiger partial charge in [0.15, 0.2) is 0 Å². The van der Waals surface area contributed by atoms with Crippen molar-refractivity contribution in [1.29, 1.82) is 0 Å². The van der Waals surface area contributed by atoms with Crippen molar-refractivity contribution in [1.82, 2.24) is 0 Å². The van der Waals surface area contributed by atoms with Crippen molar-refractivity contribution in [2.45, 2.75) is 51.9 Å². The molecule has 1 heteroatoms. The van der Waals surface area contributed by atoms with Gasteiger partial charge in [-0.2, -0.15) is 12.6 Å². The first-order chi connectivity index (χ1) is 5.27. The van der Waals surface area contributed by atoms with Gasteiger partial charge >= 0.3 is 0 Å². The maximum atomic E-state index is 4.26. The molecular weight excluding hydrogens is 152 g/mol. The minimum absolute atomic E-state index is 0.682. The Bertz CT molecular complexity index is 103. The fourth-order valence-electron chi connectivity index (χ4n) is 2.16. The predicted molar refractivity (Wildman–Crippen MR) is 54.3 cm³/mol. The van der Waals surface area contributed by atoms with Crippen LogP contribution < -0.4 is 0 Å². The van der Waals surface area contributed by atoms with Crippen molar-refractivity contribution in [2.24, 2.45) is 5.41 Å². The van der Waals surface area contributed by atoms with Crippen LogP contribution in [0.1, 0.15) is 51.9 Å². The number of thiol groups is 1. The zero-order chi connectivity index (χ0) is 8.16. The predicted octanol–water partition coefficient (Wildman–Crippen LogP) is 3.67. The third-order valence-corrected chi connectivity index (χ3v) is 3.32. The van der Waals surface area contributed by atoms with Crippen molar-refractivity contribution >= 4 is 12.6 Å². The summed E-state index contributed by atoms with van der Waals surface area (Å²) in [5.74, 6) is 1.07. The monoisotopic (exact) mass is 172 g/mol. The van der Waals surface area contributed by atoms with Gasteiger partial charge in [0.2, 0.25) is 0 Å². The molecule has 1 aliphatic carbocycles. The normalized spacial score (nSPS) is 23.5. The lowest BCUT2D eigenvalue weighted by Crippen LogP contribution is -2.19. The Hall–Kier alpha value is 0.350. The van der Waals surface area contributed by atoms with E-state index in [-0.39, 0.29) is 0 Å². The first kappa shape index (κ1) is 9.44. The van der Waals surface area contributed by atoms with Crippen molar-refractivity contribution in [2.75, 3.05) is 5.75 Å². The number of rotatable bonds is 3. The summed E-state index contributed by atoms with van der Waals surface area (Å²) in [5, 5.41) is 0. The molecule has 0 N–H and O–H groups in total. The van der Waals surface area contributed by atoms with E-state index in [1.807, 2.05) is 0 Å². The van der Waals surface area contributed by atoms with Gasteiger partial charge in [0.1, 0.15) is 0 Å². The van der Waals surface area contributed by atoms with E-state index in [1.54, 1.807) is 0 Å². The molecule has 1 saturated carbocycles. The van der Waals surface area contributed by atoms with Gasteiger partial charge in [0, 0.05) is 0 Å². The second-order valence-electron chi connectivity index (χ2n) is 4.20. The molecule has 0 aromatic carbocycles. The molecule has 0 atom stereocenters. The maximum absolute atomic E-state index is 4.26. The molecule has 0 nitrogen and oxygen atoms in total. The highest BCUT2D eigenvalue weighted by Gasteiger charge is 2.25. The third kappa shape index (κ3) is 3.06. The summed E-state index contributed by atoms with van der Waals surface area (Å²) in [5.41, 5.74) is 0.682. The highest BCUT2D eigenvalue weighted by molar-refractivity contribution is 7.80. The van der Waals surface area contributed by atoms with Gasteiger partial charge in [0.05, 0.1) is 0 Å². The highest BCUT2D eigenvalue weighted by Crippen LogP contribution is 2.39. The van der Waals surface area contributed by atoms with Gasteiger partial charge in [-0.25, -0.2) is 0 Å². The second kappa shape index (κ2) is 4.39. The summed E-state index contributed by atoms with van der Waals surface area (Å²) >= 11 is 4.26. The third-order valence-electron chi connectivity index (χ3n) is 3.00. The molecule has 1 aliphatic rings. The minimum Gasteiger partial charge on any atom is -0.179 e. The summed E-state index contributed by atoms with van der Waals surface area (Å²) in [6.45, 7) is 2.45. The van der Waals surface area contributed by atoms with Crippen LogP contribution in [0.25, 0.3) is 0 Å². The molecule has 0 radical (unpaired) electrons. The first-order valence-electron chi connectivity index (χ1n) is 4.88. The molecule has 0 aromatic heterocycles. The molecule has 0 heterocycles. The standard InChI is InChI=1S/C10H20S/c1-10(8-5-9-11)6-3-2-4-7-10/h11H,2-9H2,1H3. The molecule has 66 valence electrons. The maximum Gasteiger partial charge on any atom is -0.00977 e. The zero-order valence-electron chi connectivity index (χ0n) is 7.60. The van der Waals surface area contributed by atoms with Gasteiger partial charge in [-0.15, -0.1) is 0 Å². The van der Waals surface area contributed by atoms with Crippen LogP contribution in [-0.4, -0.2) is 5.75 Å². The zero-order valence-corrected chi connectivity index (χ0v) is 8.50. The summed E-state index contributed by atoms with van der Waals surface area (Å²) in [6.07, 6.45) is 10.0. The Morgan fingerprint density at radius 2 is 1.82 bits per heavy atom. The van der Waals surface area contributed by atoms with E-state index in [4.69, 9.17) is 0 Å². The van der Waals surface area contributed by atoms with E-state index in [0.29, 0.717) is 5.41 Å². The van der Waals surface area contributed by atoms with Crippen molar-refractivity contribution in [3.63, 3.8) is 0 Å². The highest BCUT2D eigenvalue weighted by atomic mass is 32.1. The molecular formula is C10H20S. The number of hydrogen-bond acceptors (Lipinski definition) is 1. The van der Waals surface area contributed by atoms with E-state index in [0.717, 1.165) is 5.75 Å². The van der Waals surface area contributed by atoms with Crippen LogP contribution in [-0.2, 0) is 0 Å². The molecule has 0 amide bonds. The number of hydrogen-bond donors (Lipinski definition) is 1. The van der Waals surface area contributed by atoms with E-state index >= 15 is 0 Å². The molecule has 1 fully saturated rings. The Labute approximate surface area is 76.2 Å². The van der Waals surface area contributed by atoms with E-state index in [9.17, 15) is 0 Å². The average Bonchev–Trinajstić information content (AvgIpc) is 2.03. The Morgan fingerprint density at radius 1 is 1.18 bits per heavy atom. The summed E-state index contributed by atoms with van der Waals surface area (Å²) < 4.78 is 0. The van der Waals surface area contributed by atoms with Crippen LogP contribution in [0.4, 0.5) is 0 Å². The molecule has 0 spiro atoms. The molecule has 0 saturated heterocycles. The molecule has 0 aromatic rings. The SMILES string of the molecule is CC1(CCCS)CCCCC1. The summed E-state index contributed by atoms with van der Waals surface area (Å²) in [4.78, 5) is 0. The van der Waals surface area contributed by atoms with Gasteiger partial charge < -0.3 is 0 Å². The van der Waals surface area contributed by atoms with Gasteiger partial charge in [-0.3, -0.25) is 0 Å². The molecule has 0 aliphatic heterocycles. The molecule has 11 heavy (non-hydrogen) atoms. The fourth-order valence-corrected chi connectivity index (χ4v) is 2.32. The van der Waals surface area contributed by atoms with Crippen LogP contribution in [0.3, 0.4) is 0 Å². The van der Waals surface area contributed by atoms with Crippen molar-refractivity contribution < 1.29 is 0 Å². The Kier molecular flexibility index (Phi) is 3.77. The topological polar surface area (TPSA) is 0 Å². The van der Waals surface area contributed by atoms with Gasteiger partial charge in [-0.05, 0) is 36.9 Å². The van der Waals surface area contributed by atoms with Gasteiger partial charge in [0.25, 0.3) is 0 Å². The van der Waals surface area contributed by atoms with E-state index in [1.165, 1.54) is 44.9 Å². The van der Waals surface area contributed by atoms with Crippen LogP contribution in [0.5, 0.6) is 0 Å². The Morgan fingerprint density at radius 3 is 2.36 bits per heavy atom. The van der Waals surface area contributed by atoms with Crippen LogP contribution in [0.2, 0.25) is 0 Å².